The van der Waals surface area contributed by atoms with Crippen molar-refractivity contribution in [1.82, 2.24) is 10.3 Å². The number of aromatic nitrogens is 1. The molecule has 0 atom stereocenters. The van der Waals surface area contributed by atoms with E-state index in [9.17, 15) is 0 Å². The molecule has 17 heavy (non-hydrogen) atoms. The van der Waals surface area contributed by atoms with Crippen LogP contribution in [-0.2, 0) is 12.3 Å². The molecule has 0 aromatic carbocycles. The van der Waals surface area contributed by atoms with Gasteiger partial charge in [-0.25, -0.2) is 4.98 Å². The summed E-state index contributed by atoms with van der Waals surface area (Å²) in [6.45, 7) is 7.62. The van der Waals surface area contributed by atoms with Gasteiger partial charge in [-0.05, 0) is 39.9 Å². The molecule has 0 bridgehead atoms. The van der Waals surface area contributed by atoms with Crippen molar-refractivity contribution in [3.8, 4) is 0 Å². The maximum Gasteiger partial charge on any atom is 0.103 e. The van der Waals surface area contributed by atoms with E-state index in [0.29, 0.717) is 0 Å². The number of nitrogens with zero attached hydrogens (tertiary/aromatic N) is 1. The van der Waals surface area contributed by atoms with Crippen LogP contribution in [0, 0.1) is 0 Å². The Bertz CT molecular complexity index is 375. The Labute approximate surface area is 113 Å². The van der Waals surface area contributed by atoms with Crippen molar-refractivity contribution in [3.63, 3.8) is 0 Å². The Morgan fingerprint density at radius 2 is 2.12 bits per heavy atom. The first-order valence-corrected chi connectivity index (χ1v) is 8.43. The quantitative estimate of drug-likeness (QED) is 0.881. The first-order valence-electron chi connectivity index (χ1n) is 6.22. The summed E-state index contributed by atoms with van der Waals surface area (Å²) < 4.78 is 0. The summed E-state index contributed by atoms with van der Waals surface area (Å²) in [5.74, 6) is 1.82. The molecule has 1 heterocycles. The second-order valence-electron chi connectivity index (χ2n) is 5.73. The SMILES string of the molecule is CSCc1nc(C2CC2)c(CNC(C)(C)C)s1. The van der Waals surface area contributed by atoms with Crippen LogP contribution in [0.4, 0.5) is 0 Å². The van der Waals surface area contributed by atoms with Gasteiger partial charge >= 0.3 is 0 Å². The number of nitrogens with one attached hydrogen (secondary N) is 1. The van der Waals surface area contributed by atoms with E-state index in [-0.39, 0.29) is 5.54 Å². The third kappa shape index (κ3) is 3.97. The highest BCUT2D eigenvalue weighted by Crippen LogP contribution is 2.43. The molecule has 2 nitrogen and oxygen atoms in total. The molecule has 1 aromatic rings. The zero-order valence-corrected chi connectivity index (χ0v) is 12.8. The van der Waals surface area contributed by atoms with Gasteiger partial charge in [0, 0.05) is 28.6 Å². The molecule has 0 unspecified atom stereocenters. The molecule has 0 amide bonds. The monoisotopic (exact) mass is 270 g/mol. The molecule has 1 aromatic heterocycles. The van der Waals surface area contributed by atoms with Gasteiger partial charge in [-0.3, -0.25) is 0 Å². The number of hydrogen-bond donors (Lipinski definition) is 1. The fourth-order valence-corrected chi connectivity index (χ4v) is 3.54. The van der Waals surface area contributed by atoms with Gasteiger partial charge in [0.2, 0.25) is 0 Å². The zero-order chi connectivity index (χ0) is 12.5. The molecule has 1 fully saturated rings. The van der Waals surface area contributed by atoms with Gasteiger partial charge in [0.05, 0.1) is 5.69 Å². The van der Waals surface area contributed by atoms with E-state index in [1.54, 1.807) is 0 Å². The van der Waals surface area contributed by atoms with Gasteiger partial charge in [-0.1, -0.05) is 0 Å². The fraction of sp³-hybridized carbons (Fsp3) is 0.769. The second-order valence-corrected chi connectivity index (χ2v) is 7.76. The van der Waals surface area contributed by atoms with Crippen LogP contribution in [0.2, 0.25) is 0 Å². The van der Waals surface area contributed by atoms with Crippen LogP contribution in [0.5, 0.6) is 0 Å². The lowest BCUT2D eigenvalue weighted by Gasteiger charge is -2.20. The number of thiazole rings is 1. The van der Waals surface area contributed by atoms with Crippen LogP contribution in [0.25, 0.3) is 0 Å². The van der Waals surface area contributed by atoms with Crippen molar-refractivity contribution >= 4 is 23.1 Å². The third-order valence-electron chi connectivity index (χ3n) is 2.78. The van der Waals surface area contributed by atoms with Gasteiger partial charge in [-0.2, -0.15) is 11.8 Å². The third-order valence-corrected chi connectivity index (χ3v) is 4.60. The topological polar surface area (TPSA) is 24.9 Å². The molecule has 0 saturated heterocycles. The second kappa shape index (κ2) is 5.29. The highest BCUT2D eigenvalue weighted by Gasteiger charge is 2.29. The first-order chi connectivity index (χ1) is 7.99. The van der Waals surface area contributed by atoms with E-state index in [2.05, 4.69) is 32.3 Å². The Balaban J connectivity index is 2.07. The smallest absolute Gasteiger partial charge is 0.103 e. The van der Waals surface area contributed by atoms with Crippen molar-refractivity contribution in [2.45, 2.75) is 57.4 Å². The van der Waals surface area contributed by atoms with E-state index >= 15 is 0 Å². The highest BCUT2D eigenvalue weighted by molar-refractivity contribution is 7.97. The van der Waals surface area contributed by atoms with E-state index in [4.69, 9.17) is 4.98 Å². The van der Waals surface area contributed by atoms with Crippen LogP contribution in [0.3, 0.4) is 0 Å². The van der Waals surface area contributed by atoms with Crippen molar-refractivity contribution in [3.05, 3.63) is 15.6 Å². The Morgan fingerprint density at radius 1 is 1.41 bits per heavy atom. The summed E-state index contributed by atoms with van der Waals surface area (Å²) in [6, 6.07) is 0. The molecule has 1 saturated carbocycles. The van der Waals surface area contributed by atoms with Gasteiger partial charge < -0.3 is 5.32 Å². The van der Waals surface area contributed by atoms with Gasteiger partial charge in [-0.15, -0.1) is 11.3 Å². The number of hydrogen-bond acceptors (Lipinski definition) is 4. The number of rotatable bonds is 5. The zero-order valence-electron chi connectivity index (χ0n) is 11.2. The normalized spacial score (nSPS) is 16.5. The van der Waals surface area contributed by atoms with Gasteiger partial charge in [0.15, 0.2) is 0 Å². The lowest BCUT2D eigenvalue weighted by Crippen LogP contribution is -2.35. The maximum atomic E-state index is 4.82. The van der Waals surface area contributed by atoms with Crippen LogP contribution >= 0.6 is 23.1 Å². The Kier molecular flexibility index (Phi) is 4.16. The van der Waals surface area contributed by atoms with E-state index < -0.39 is 0 Å². The molecule has 4 heteroatoms. The lowest BCUT2D eigenvalue weighted by molar-refractivity contribution is 0.425. The average molecular weight is 270 g/mol. The summed E-state index contributed by atoms with van der Waals surface area (Å²) in [7, 11) is 0. The van der Waals surface area contributed by atoms with E-state index in [1.807, 2.05) is 23.1 Å². The first kappa shape index (κ1) is 13.4. The Morgan fingerprint density at radius 3 is 2.65 bits per heavy atom. The number of thioether (sulfide) groups is 1. The summed E-state index contributed by atoms with van der Waals surface area (Å²) in [6.07, 6.45) is 4.82. The van der Waals surface area contributed by atoms with E-state index in [1.165, 1.54) is 28.4 Å². The summed E-state index contributed by atoms with van der Waals surface area (Å²) >= 11 is 3.76. The van der Waals surface area contributed by atoms with Gasteiger partial charge in [0.25, 0.3) is 0 Å². The largest absolute Gasteiger partial charge is 0.307 e. The van der Waals surface area contributed by atoms with Gasteiger partial charge in [0.1, 0.15) is 5.01 Å². The summed E-state index contributed by atoms with van der Waals surface area (Å²) in [5, 5.41) is 4.88. The molecular formula is C13H22N2S2. The summed E-state index contributed by atoms with van der Waals surface area (Å²) in [4.78, 5) is 6.28. The molecular weight excluding hydrogens is 248 g/mol. The average Bonchev–Trinajstić information content (AvgIpc) is 2.98. The van der Waals surface area contributed by atoms with Crippen molar-refractivity contribution in [2.75, 3.05) is 6.26 Å². The molecule has 2 rings (SSSR count). The minimum atomic E-state index is 0.185. The van der Waals surface area contributed by atoms with E-state index in [0.717, 1.165) is 18.2 Å². The molecule has 1 aliphatic rings. The molecule has 0 aliphatic heterocycles. The predicted octanol–water partition coefficient (Wildman–Crippen LogP) is 3.77. The predicted molar refractivity (Wildman–Crippen MR) is 77.9 cm³/mol. The molecule has 0 radical (unpaired) electrons. The van der Waals surface area contributed by atoms with Crippen molar-refractivity contribution in [1.29, 1.82) is 0 Å². The Hall–Kier alpha value is -0.0600. The molecule has 0 spiro atoms. The molecule has 96 valence electrons. The minimum Gasteiger partial charge on any atom is -0.307 e. The highest BCUT2D eigenvalue weighted by atomic mass is 32.2. The van der Waals surface area contributed by atoms with Crippen LogP contribution in [-0.4, -0.2) is 16.8 Å². The van der Waals surface area contributed by atoms with Crippen molar-refractivity contribution in [2.24, 2.45) is 0 Å². The fourth-order valence-electron chi connectivity index (χ4n) is 1.75. The maximum absolute atomic E-state index is 4.82. The lowest BCUT2D eigenvalue weighted by atomic mass is 10.1. The van der Waals surface area contributed by atoms with Crippen LogP contribution in [0.15, 0.2) is 0 Å². The standard InChI is InChI=1S/C13H22N2S2/c1-13(2,3)14-7-10-12(9-5-6-9)15-11(17-10)8-16-4/h9,14H,5-8H2,1-4H3. The molecule has 1 aliphatic carbocycles. The summed E-state index contributed by atoms with van der Waals surface area (Å²) in [5.41, 5.74) is 1.57. The van der Waals surface area contributed by atoms with Crippen molar-refractivity contribution < 1.29 is 0 Å². The van der Waals surface area contributed by atoms with Crippen LogP contribution < -0.4 is 5.32 Å². The van der Waals surface area contributed by atoms with Crippen LogP contribution in [0.1, 0.15) is 55.1 Å². The minimum absolute atomic E-state index is 0.185. The molecule has 1 N–H and O–H groups in total.